The molecule has 4 N–H and O–H groups in total. The highest BCUT2D eigenvalue weighted by atomic mass is 16.5. The summed E-state index contributed by atoms with van der Waals surface area (Å²) in [4.78, 5) is 22.8. The summed E-state index contributed by atoms with van der Waals surface area (Å²) < 4.78 is 4.82. The minimum Gasteiger partial charge on any atom is -0.501 e. The molecular weight excluding hydrogens is 252 g/mol. The second-order valence-electron chi connectivity index (χ2n) is 4.41. The number of nitrogens with one attached hydrogen (secondary N) is 2. The largest absolute Gasteiger partial charge is 0.501 e. The van der Waals surface area contributed by atoms with Crippen molar-refractivity contribution in [3.63, 3.8) is 0 Å². The number of amides is 3. The molecule has 1 saturated carbocycles. The molecule has 0 aromatic carbocycles. The first-order valence-electron chi connectivity index (χ1n) is 6.25. The van der Waals surface area contributed by atoms with Crippen LogP contribution in [-0.4, -0.2) is 47.5 Å². The van der Waals surface area contributed by atoms with Crippen LogP contribution in [0.3, 0.4) is 0 Å². The summed E-state index contributed by atoms with van der Waals surface area (Å²) in [5.41, 5.74) is 0. The molecule has 0 radical (unpaired) electrons. The molecule has 1 rings (SSSR count). The number of urea groups is 1. The molecule has 1 aliphatic carbocycles. The van der Waals surface area contributed by atoms with Crippen LogP contribution in [0.2, 0.25) is 0 Å². The Morgan fingerprint density at radius 1 is 1.42 bits per heavy atom. The zero-order chi connectivity index (χ0) is 14.3. The van der Waals surface area contributed by atoms with Crippen LogP contribution in [0.5, 0.6) is 0 Å². The van der Waals surface area contributed by atoms with Crippen molar-refractivity contribution in [3.05, 3.63) is 12.3 Å². The molecule has 0 unspecified atom stereocenters. The van der Waals surface area contributed by atoms with Crippen molar-refractivity contribution < 1.29 is 24.5 Å². The minimum atomic E-state index is -0.697. The van der Waals surface area contributed by atoms with Crippen LogP contribution in [0.1, 0.15) is 19.8 Å². The summed E-state index contributed by atoms with van der Waals surface area (Å²) >= 11 is 0. The molecule has 3 atom stereocenters. The molecule has 19 heavy (non-hydrogen) atoms. The van der Waals surface area contributed by atoms with Gasteiger partial charge in [-0.1, -0.05) is 0 Å². The number of rotatable bonds is 5. The van der Waals surface area contributed by atoms with Gasteiger partial charge in [0.15, 0.2) is 0 Å². The molecule has 0 saturated heterocycles. The number of hydrogen-bond donors (Lipinski definition) is 4. The quantitative estimate of drug-likeness (QED) is 0.398. The Morgan fingerprint density at radius 3 is 2.74 bits per heavy atom. The molecular formula is C12H20N2O5. The lowest BCUT2D eigenvalue weighted by Crippen LogP contribution is -2.46. The van der Waals surface area contributed by atoms with Crippen molar-refractivity contribution in [1.82, 2.24) is 10.6 Å². The lowest BCUT2D eigenvalue weighted by atomic mass is 10.1. The number of carbonyl (C=O) groups is 2. The van der Waals surface area contributed by atoms with Gasteiger partial charge in [0.25, 0.3) is 5.91 Å². The molecule has 0 aliphatic heterocycles. The highest BCUT2D eigenvalue weighted by Crippen LogP contribution is 2.25. The standard InChI is InChI=1S/C12H20N2O5/c1-2-19-4-3-11(17)14-12(18)13-9-5-8(7-15)6-10(9)16/h3-4,8-10,15-16H,2,5-7H2,1H3,(H2,13,14,17,18)/t8-,9+,10+/m1/s1. The maximum absolute atomic E-state index is 11.5. The first kappa shape index (κ1) is 15.5. The highest BCUT2D eigenvalue weighted by Gasteiger charge is 2.33. The van der Waals surface area contributed by atoms with Gasteiger partial charge in [0.1, 0.15) is 0 Å². The SMILES string of the molecule is CCOC=CC(=O)NC(=O)N[C@H]1C[C@@H](CO)C[C@@H]1O. The van der Waals surface area contributed by atoms with E-state index in [9.17, 15) is 14.7 Å². The summed E-state index contributed by atoms with van der Waals surface area (Å²) in [6.45, 7) is 2.19. The molecule has 1 aliphatic rings. The van der Waals surface area contributed by atoms with Crippen LogP contribution in [0, 0.1) is 5.92 Å². The van der Waals surface area contributed by atoms with Gasteiger partial charge in [-0.05, 0) is 25.7 Å². The Bertz CT molecular complexity index is 345. The monoisotopic (exact) mass is 272 g/mol. The summed E-state index contributed by atoms with van der Waals surface area (Å²) in [5.74, 6) is -0.619. The number of aliphatic hydroxyl groups is 2. The predicted octanol–water partition coefficient (Wildman–Crippen LogP) is -0.506. The van der Waals surface area contributed by atoms with E-state index in [-0.39, 0.29) is 12.5 Å². The van der Waals surface area contributed by atoms with Gasteiger partial charge in [-0.15, -0.1) is 0 Å². The molecule has 7 nitrogen and oxygen atoms in total. The van der Waals surface area contributed by atoms with Crippen LogP contribution in [-0.2, 0) is 9.53 Å². The third-order valence-electron chi connectivity index (χ3n) is 2.92. The number of aliphatic hydroxyl groups excluding tert-OH is 2. The summed E-state index contributed by atoms with van der Waals surface area (Å²) in [6, 6.07) is -1.12. The minimum absolute atomic E-state index is 0.0196. The Hall–Kier alpha value is -1.60. The van der Waals surface area contributed by atoms with Gasteiger partial charge >= 0.3 is 6.03 Å². The normalized spacial score (nSPS) is 26.4. The average Bonchev–Trinajstić information content (AvgIpc) is 2.70. The molecule has 108 valence electrons. The number of ether oxygens (including phenoxy) is 1. The Kier molecular flexibility index (Phi) is 6.31. The van der Waals surface area contributed by atoms with Crippen molar-refractivity contribution in [2.75, 3.05) is 13.2 Å². The maximum atomic E-state index is 11.5. The van der Waals surface area contributed by atoms with E-state index in [1.807, 2.05) is 0 Å². The second-order valence-corrected chi connectivity index (χ2v) is 4.41. The van der Waals surface area contributed by atoms with Crippen molar-refractivity contribution in [1.29, 1.82) is 0 Å². The molecule has 1 fully saturated rings. The van der Waals surface area contributed by atoms with Crippen LogP contribution >= 0.6 is 0 Å². The van der Waals surface area contributed by atoms with E-state index in [2.05, 4.69) is 10.6 Å². The third-order valence-corrected chi connectivity index (χ3v) is 2.92. The van der Waals surface area contributed by atoms with Gasteiger partial charge in [0.2, 0.25) is 0 Å². The van der Waals surface area contributed by atoms with Crippen LogP contribution in [0.4, 0.5) is 4.79 Å². The van der Waals surface area contributed by atoms with E-state index in [4.69, 9.17) is 9.84 Å². The average molecular weight is 272 g/mol. The molecule has 0 bridgehead atoms. The number of imide groups is 1. The van der Waals surface area contributed by atoms with E-state index < -0.39 is 24.1 Å². The van der Waals surface area contributed by atoms with E-state index >= 15 is 0 Å². The van der Waals surface area contributed by atoms with Crippen molar-refractivity contribution >= 4 is 11.9 Å². The summed E-state index contributed by atoms with van der Waals surface area (Å²) in [7, 11) is 0. The molecule has 0 heterocycles. The Balaban J connectivity index is 2.33. The fourth-order valence-corrected chi connectivity index (χ4v) is 1.99. The fourth-order valence-electron chi connectivity index (χ4n) is 1.99. The second kappa shape index (κ2) is 7.75. The molecule has 7 heteroatoms. The third kappa shape index (κ3) is 5.27. The lowest BCUT2D eigenvalue weighted by Gasteiger charge is -2.16. The van der Waals surface area contributed by atoms with E-state index in [1.165, 1.54) is 6.26 Å². The number of carbonyl (C=O) groups excluding carboxylic acids is 2. The summed E-state index contributed by atoms with van der Waals surface area (Å²) in [6.07, 6.45) is 2.55. The summed E-state index contributed by atoms with van der Waals surface area (Å²) in [5, 5.41) is 23.3. The van der Waals surface area contributed by atoms with Gasteiger partial charge in [-0.2, -0.15) is 0 Å². The van der Waals surface area contributed by atoms with E-state index in [1.54, 1.807) is 6.92 Å². The lowest BCUT2D eigenvalue weighted by molar-refractivity contribution is -0.115. The van der Waals surface area contributed by atoms with Gasteiger partial charge in [0, 0.05) is 12.7 Å². The zero-order valence-electron chi connectivity index (χ0n) is 10.8. The van der Waals surface area contributed by atoms with Crippen LogP contribution in [0.15, 0.2) is 12.3 Å². The van der Waals surface area contributed by atoms with Crippen LogP contribution < -0.4 is 10.6 Å². The van der Waals surface area contributed by atoms with Crippen LogP contribution in [0.25, 0.3) is 0 Å². The van der Waals surface area contributed by atoms with Gasteiger partial charge in [-0.3, -0.25) is 10.1 Å². The smallest absolute Gasteiger partial charge is 0.322 e. The van der Waals surface area contributed by atoms with Crippen molar-refractivity contribution in [2.45, 2.75) is 31.9 Å². The predicted molar refractivity (Wildman–Crippen MR) is 67.0 cm³/mol. The molecule has 0 aromatic rings. The van der Waals surface area contributed by atoms with Gasteiger partial charge < -0.3 is 20.3 Å². The van der Waals surface area contributed by atoms with E-state index in [0.717, 1.165) is 6.08 Å². The van der Waals surface area contributed by atoms with E-state index in [0.29, 0.717) is 19.4 Å². The van der Waals surface area contributed by atoms with Crippen molar-refractivity contribution in [2.24, 2.45) is 5.92 Å². The maximum Gasteiger partial charge on any atom is 0.322 e. The highest BCUT2D eigenvalue weighted by molar-refractivity contribution is 6.00. The first-order chi connectivity index (χ1) is 9.06. The number of hydrogen-bond acceptors (Lipinski definition) is 5. The molecule has 3 amide bonds. The molecule has 0 spiro atoms. The zero-order valence-corrected chi connectivity index (χ0v) is 10.8. The van der Waals surface area contributed by atoms with Gasteiger partial charge in [0.05, 0.1) is 25.0 Å². The topological polar surface area (TPSA) is 108 Å². The van der Waals surface area contributed by atoms with Crippen molar-refractivity contribution in [3.8, 4) is 0 Å². The fraction of sp³-hybridized carbons (Fsp3) is 0.667. The molecule has 0 aromatic heterocycles. The Morgan fingerprint density at radius 2 is 2.16 bits per heavy atom. The first-order valence-corrected chi connectivity index (χ1v) is 6.25. The Labute approximate surface area is 111 Å². The van der Waals surface area contributed by atoms with Gasteiger partial charge in [-0.25, -0.2) is 4.79 Å².